The van der Waals surface area contributed by atoms with Crippen molar-refractivity contribution in [3.63, 3.8) is 0 Å². The van der Waals surface area contributed by atoms with Crippen LogP contribution in [0.1, 0.15) is 5.76 Å². The lowest BCUT2D eigenvalue weighted by atomic mass is 10.1. The van der Waals surface area contributed by atoms with Crippen molar-refractivity contribution in [3.8, 4) is 17.0 Å². The number of methoxy groups -OCH3 is 1. The molecule has 15 heavy (non-hydrogen) atoms. The van der Waals surface area contributed by atoms with Gasteiger partial charge in [0.05, 0.1) is 19.9 Å². The maximum atomic E-state index is 5.55. The average Bonchev–Trinajstić information content (AvgIpc) is 2.77. The van der Waals surface area contributed by atoms with E-state index in [2.05, 4.69) is 4.98 Å². The van der Waals surface area contributed by atoms with Gasteiger partial charge in [-0.25, -0.2) is 4.98 Å². The Morgan fingerprint density at radius 2 is 2.27 bits per heavy atom. The fourth-order valence-corrected chi connectivity index (χ4v) is 1.42. The van der Waals surface area contributed by atoms with E-state index in [1.165, 1.54) is 0 Å². The SMILES string of the molecule is COc1ccc(-c2ccoc2CN)cn1. The second-order valence-corrected chi connectivity index (χ2v) is 3.05. The first-order chi connectivity index (χ1) is 7.35. The highest BCUT2D eigenvalue weighted by atomic mass is 16.5. The van der Waals surface area contributed by atoms with Crippen LogP contribution in [0.5, 0.6) is 5.88 Å². The highest BCUT2D eigenvalue weighted by Gasteiger charge is 2.07. The number of ether oxygens (including phenoxy) is 1. The summed E-state index contributed by atoms with van der Waals surface area (Å²) < 4.78 is 10.2. The first-order valence-corrected chi connectivity index (χ1v) is 4.62. The Labute approximate surface area is 87.7 Å². The summed E-state index contributed by atoms with van der Waals surface area (Å²) in [4.78, 5) is 4.12. The molecule has 2 aromatic rings. The van der Waals surface area contributed by atoms with Gasteiger partial charge >= 0.3 is 0 Å². The van der Waals surface area contributed by atoms with Gasteiger partial charge in [0.25, 0.3) is 0 Å². The molecule has 0 spiro atoms. The number of nitrogens with two attached hydrogens (primary N) is 1. The van der Waals surface area contributed by atoms with Crippen molar-refractivity contribution in [2.75, 3.05) is 7.11 Å². The van der Waals surface area contributed by atoms with E-state index < -0.39 is 0 Å². The van der Waals surface area contributed by atoms with Gasteiger partial charge in [-0.15, -0.1) is 0 Å². The number of rotatable bonds is 3. The maximum Gasteiger partial charge on any atom is 0.212 e. The number of pyridine rings is 1. The Morgan fingerprint density at radius 3 is 2.87 bits per heavy atom. The van der Waals surface area contributed by atoms with Crippen LogP contribution in [0.3, 0.4) is 0 Å². The monoisotopic (exact) mass is 204 g/mol. The third-order valence-electron chi connectivity index (χ3n) is 2.19. The van der Waals surface area contributed by atoms with Crippen molar-refractivity contribution in [2.45, 2.75) is 6.54 Å². The van der Waals surface area contributed by atoms with Gasteiger partial charge in [0, 0.05) is 23.4 Å². The molecule has 0 unspecified atom stereocenters. The highest BCUT2D eigenvalue weighted by molar-refractivity contribution is 5.64. The number of nitrogens with zero attached hydrogens (tertiary/aromatic N) is 1. The van der Waals surface area contributed by atoms with Gasteiger partial charge in [0.1, 0.15) is 5.76 Å². The quantitative estimate of drug-likeness (QED) is 0.828. The van der Waals surface area contributed by atoms with E-state index in [1.807, 2.05) is 18.2 Å². The molecule has 2 aromatic heterocycles. The molecule has 2 heterocycles. The molecule has 2 rings (SSSR count). The Kier molecular flexibility index (Phi) is 2.69. The molecule has 0 saturated carbocycles. The number of hydrogen-bond donors (Lipinski definition) is 1. The molecule has 2 N–H and O–H groups in total. The summed E-state index contributed by atoms with van der Waals surface area (Å²) in [7, 11) is 1.59. The van der Waals surface area contributed by atoms with Crippen LogP contribution in [-0.2, 0) is 6.54 Å². The first kappa shape index (κ1) is 9.73. The Morgan fingerprint density at radius 1 is 1.40 bits per heavy atom. The van der Waals surface area contributed by atoms with E-state index in [4.69, 9.17) is 14.9 Å². The van der Waals surface area contributed by atoms with Crippen molar-refractivity contribution in [2.24, 2.45) is 5.73 Å². The minimum atomic E-state index is 0.383. The zero-order valence-corrected chi connectivity index (χ0v) is 8.43. The van der Waals surface area contributed by atoms with E-state index in [-0.39, 0.29) is 0 Å². The van der Waals surface area contributed by atoms with Crippen LogP contribution >= 0.6 is 0 Å². The van der Waals surface area contributed by atoms with Crippen molar-refractivity contribution in [1.29, 1.82) is 0 Å². The summed E-state index contributed by atoms with van der Waals surface area (Å²) in [6.45, 7) is 0.383. The van der Waals surface area contributed by atoms with Crippen LogP contribution in [0.15, 0.2) is 35.1 Å². The molecule has 0 saturated heterocycles. The molecule has 0 amide bonds. The molecule has 0 bridgehead atoms. The van der Waals surface area contributed by atoms with Gasteiger partial charge in [-0.1, -0.05) is 0 Å². The van der Waals surface area contributed by atoms with Crippen LogP contribution in [0.25, 0.3) is 11.1 Å². The summed E-state index contributed by atoms with van der Waals surface area (Å²) in [6.07, 6.45) is 3.37. The molecule has 4 nitrogen and oxygen atoms in total. The minimum absolute atomic E-state index is 0.383. The molecule has 4 heteroatoms. The summed E-state index contributed by atoms with van der Waals surface area (Å²) in [5, 5.41) is 0. The van der Waals surface area contributed by atoms with Gasteiger partial charge in [-0.2, -0.15) is 0 Å². The third-order valence-corrected chi connectivity index (χ3v) is 2.19. The topological polar surface area (TPSA) is 61.3 Å². The van der Waals surface area contributed by atoms with Crippen LogP contribution < -0.4 is 10.5 Å². The van der Waals surface area contributed by atoms with E-state index in [1.54, 1.807) is 19.6 Å². The van der Waals surface area contributed by atoms with E-state index in [9.17, 15) is 0 Å². The molecular formula is C11H12N2O2. The lowest BCUT2D eigenvalue weighted by Crippen LogP contribution is -1.96. The molecule has 0 aromatic carbocycles. The number of furan rings is 1. The number of aromatic nitrogens is 1. The summed E-state index contributed by atoms with van der Waals surface area (Å²) in [5.41, 5.74) is 7.51. The molecule has 0 fully saturated rings. The summed E-state index contributed by atoms with van der Waals surface area (Å²) in [5.74, 6) is 1.36. The summed E-state index contributed by atoms with van der Waals surface area (Å²) in [6, 6.07) is 5.62. The fourth-order valence-electron chi connectivity index (χ4n) is 1.42. The van der Waals surface area contributed by atoms with Gasteiger partial charge in [-0.3, -0.25) is 0 Å². The normalized spacial score (nSPS) is 10.3. The van der Waals surface area contributed by atoms with Crippen molar-refractivity contribution >= 4 is 0 Å². The van der Waals surface area contributed by atoms with E-state index in [0.717, 1.165) is 16.9 Å². The zero-order chi connectivity index (χ0) is 10.7. The molecular weight excluding hydrogens is 192 g/mol. The Balaban J connectivity index is 2.37. The Bertz CT molecular complexity index is 434. The van der Waals surface area contributed by atoms with E-state index >= 15 is 0 Å². The smallest absolute Gasteiger partial charge is 0.212 e. The molecule has 0 atom stereocenters. The minimum Gasteiger partial charge on any atom is -0.481 e. The van der Waals surface area contributed by atoms with Crippen molar-refractivity contribution < 1.29 is 9.15 Å². The van der Waals surface area contributed by atoms with E-state index in [0.29, 0.717) is 12.4 Å². The van der Waals surface area contributed by atoms with Crippen LogP contribution in [0.4, 0.5) is 0 Å². The van der Waals surface area contributed by atoms with Gasteiger partial charge in [0.2, 0.25) is 5.88 Å². The molecule has 0 aliphatic carbocycles. The zero-order valence-electron chi connectivity index (χ0n) is 8.43. The third kappa shape index (κ3) is 1.85. The predicted octanol–water partition coefficient (Wildman–Crippen LogP) is 1.81. The standard InChI is InChI=1S/C11H12N2O2/c1-14-11-3-2-8(7-13-11)9-4-5-15-10(9)6-12/h2-5,7H,6,12H2,1H3. The van der Waals surface area contributed by atoms with Gasteiger partial charge < -0.3 is 14.9 Å². The van der Waals surface area contributed by atoms with Crippen LogP contribution in [0.2, 0.25) is 0 Å². The molecule has 78 valence electrons. The second-order valence-electron chi connectivity index (χ2n) is 3.05. The first-order valence-electron chi connectivity index (χ1n) is 4.62. The van der Waals surface area contributed by atoms with Crippen LogP contribution in [0, 0.1) is 0 Å². The fraction of sp³-hybridized carbons (Fsp3) is 0.182. The molecule has 0 radical (unpaired) electrons. The van der Waals surface area contributed by atoms with Gasteiger partial charge in [0.15, 0.2) is 0 Å². The van der Waals surface area contributed by atoms with Crippen molar-refractivity contribution in [1.82, 2.24) is 4.98 Å². The molecule has 0 aliphatic rings. The predicted molar refractivity (Wildman–Crippen MR) is 56.4 cm³/mol. The average molecular weight is 204 g/mol. The van der Waals surface area contributed by atoms with Crippen molar-refractivity contribution in [3.05, 3.63) is 36.4 Å². The molecule has 0 aliphatic heterocycles. The van der Waals surface area contributed by atoms with Crippen LogP contribution in [-0.4, -0.2) is 12.1 Å². The maximum absolute atomic E-state index is 5.55. The highest BCUT2D eigenvalue weighted by Crippen LogP contribution is 2.24. The lowest BCUT2D eigenvalue weighted by molar-refractivity contribution is 0.398. The Hall–Kier alpha value is -1.81. The summed E-state index contributed by atoms with van der Waals surface area (Å²) >= 11 is 0. The largest absolute Gasteiger partial charge is 0.481 e. The van der Waals surface area contributed by atoms with Gasteiger partial charge in [-0.05, 0) is 12.1 Å². The second kappa shape index (κ2) is 4.14. The number of hydrogen-bond acceptors (Lipinski definition) is 4. The lowest BCUT2D eigenvalue weighted by Gasteiger charge is -2.01.